The van der Waals surface area contributed by atoms with Crippen molar-refractivity contribution in [2.45, 2.75) is 32.6 Å². The van der Waals surface area contributed by atoms with Gasteiger partial charge in [-0.25, -0.2) is 0 Å². The van der Waals surface area contributed by atoms with E-state index < -0.39 is 0 Å². The number of carbonyl (C=O) groups is 2. The van der Waals surface area contributed by atoms with E-state index in [0.29, 0.717) is 38.4 Å². The Bertz CT molecular complexity index is 825. The van der Waals surface area contributed by atoms with Gasteiger partial charge in [0.05, 0.1) is 25.6 Å². The van der Waals surface area contributed by atoms with Crippen LogP contribution in [-0.4, -0.2) is 43.0 Å². The Morgan fingerprint density at radius 2 is 1.80 bits per heavy atom. The van der Waals surface area contributed by atoms with Crippen molar-refractivity contribution >= 4 is 17.5 Å². The van der Waals surface area contributed by atoms with E-state index >= 15 is 0 Å². The van der Waals surface area contributed by atoms with E-state index in [-0.39, 0.29) is 17.7 Å². The Morgan fingerprint density at radius 3 is 2.60 bits per heavy atom. The van der Waals surface area contributed by atoms with Gasteiger partial charge in [-0.2, -0.15) is 0 Å². The summed E-state index contributed by atoms with van der Waals surface area (Å²) in [5.74, 6) is 1.26. The van der Waals surface area contributed by atoms with Crippen LogP contribution in [0.1, 0.15) is 32.6 Å². The Kier molecular flexibility index (Phi) is 8.12. The van der Waals surface area contributed by atoms with Crippen molar-refractivity contribution in [1.29, 1.82) is 0 Å². The second-order valence-corrected chi connectivity index (χ2v) is 7.46. The number of hydrogen-bond acceptors (Lipinski definition) is 4. The average molecular weight is 411 g/mol. The maximum Gasteiger partial charge on any atom is 0.229 e. The van der Waals surface area contributed by atoms with E-state index in [1.807, 2.05) is 54.6 Å². The quantitative estimate of drug-likeness (QED) is 0.675. The third kappa shape index (κ3) is 6.51. The second-order valence-electron chi connectivity index (χ2n) is 7.46. The maximum absolute atomic E-state index is 12.7. The molecule has 0 radical (unpaired) electrons. The molecule has 1 aliphatic rings. The Hall–Kier alpha value is -3.02. The largest absolute Gasteiger partial charge is 0.494 e. The average Bonchev–Trinajstić information content (AvgIpc) is 2.78. The van der Waals surface area contributed by atoms with Gasteiger partial charge in [-0.3, -0.25) is 9.59 Å². The molecule has 1 unspecified atom stereocenters. The number of anilines is 1. The van der Waals surface area contributed by atoms with Crippen molar-refractivity contribution in [2.75, 3.05) is 31.6 Å². The highest BCUT2D eigenvalue weighted by Gasteiger charge is 2.28. The lowest BCUT2D eigenvalue weighted by atomic mass is 9.96. The summed E-state index contributed by atoms with van der Waals surface area (Å²) >= 11 is 0. The Morgan fingerprint density at radius 1 is 1.03 bits per heavy atom. The van der Waals surface area contributed by atoms with Crippen molar-refractivity contribution in [1.82, 2.24) is 4.90 Å². The van der Waals surface area contributed by atoms with Crippen molar-refractivity contribution in [3.8, 4) is 11.5 Å². The summed E-state index contributed by atoms with van der Waals surface area (Å²) in [6.45, 7) is 4.16. The molecule has 30 heavy (non-hydrogen) atoms. The van der Waals surface area contributed by atoms with Crippen LogP contribution in [0.2, 0.25) is 0 Å². The molecule has 6 nitrogen and oxygen atoms in total. The molecule has 1 N–H and O–H groups in total. The number of likely N-dealkylation sites (tertiary alicyclic amines) is 1. The molecule has 0 saturated carbocycles. The van der Waals surface area contributed by atoms with E-state index in [2.05, 4.69) is 12.2 Å². The van der Waals surface area contributed by atoms with E-state index in [4.69, 9.17) is 9.47 Å². The van der Waals surface area contributed by atoms with Crippen molar-refractivity contribution in [3.05, 3.63) is 54.6 Å². The van der Waals surface area contributed by atoms with Gasteiger partial charge >= 0.3 is 0 Å². The molecule has 3 rings (SSSR count). The van der Waals surface area contributed by atoms with Crippen LogP contribution >= 0.6 is 0 Å². The zero-order chi connectivity index (χ0) is 21.2. The third-order valence-electron chi connectivity index (χ3n) is 5.05. The minimum Gasteiger partial charge on any atom is -0.494 e. The van der Waals surface area contributed by atoms with Crippen molar-refractivity contribution < 1.29 is 19.1 Å². The number of para-hydroxylation sites is 1. The zero-order valence-corrected chi connectivity index (χ0v) is 17.5. The van der Waals surface area contributed by atoms with Gasteiger partial charge in [0.25, 0.3) is 0 Å². The number of rotatable bonds is 9. The molecule has 0 aromatic heterocycles. The number of piperidine rings is 1. The fraction of sp³-hybridized carbons (Fsp3) is 0.417. The fourth-order valence-corrected chi connectivity index (χ4v) is 3.48. The molecule has 1 saturated heterocycles. The number of hydrogen-bond donors (Lipinski definition) is 1. The normalized spacial score (nSPS) is 16.0. The predicted octanol–water partition coefficient (Wildman–Crippen LogP) is 4.12. The van der Waals surface area contributed by atoms with E-state index in [9.17, 15) is 9.59 Å². The first-order chi connectivity index (χ1) is 14.7. The van der Waals surface area contributed by atoms with Crippen LogP contribution in [-0.2, 0) is 9.59 Å². The molecule has 1 fully saturated rings. The van der Waals surface area contributed by atoms with Crippen LogP contribution in [0.4, 0.5) is 5.69 Å². The first-order valence-corrected chi connectivity index (χ1v) is 10.6. The summed E-state index contributed by atoms with van der Waals surface area (Å²) in [7, 11) is 0. The summed E-state index contributed by atoms with van der Waals surface area (Å²) in [5.41, 5.74) is 0.716. The molecule has 1 aliphatic heterocycles. The predicted molar refractivity (Wildman–Crippen MR) is 117 cm³/mol. The van der Waals surface area contributed by atoms with Crippen LogP contribution < -0.4 is 14.8 Å². The van der Waals surface area contributed by atoms with Gasteiger partial charge in [0, 0.05) is 24.8 Å². The summed E-state index contributed by atoms with van der Waals surface area (Å²) in [4.78, 5) is 27.1. The number of nitrogens with one attached hydrogen (secondary N) is 1. The molecule has 2 amide bonds. The highest BCUT2D eigenvalue weighted by Crippen LogP contribution is 2.22. The monoisotopic (exact) mass is 410 g/mol. The smallest absolute Gasteiger partial charge is 0.229 e. The van der Waals surface area contributed by atoms with E-state index in [1.54, 1.807) is 4.90 Å². The number of amides is 2. The number of nitrogens with zero attached hydrogens (tertiary/aromatic N) is 1. The SMILES string of the molecule is CCCOc1cccc(NC(=O)C2CCCN(C(=O)CCOc3ccccc3)C2)c1. The van der Waals surface area contributed by atoms with E-state index in [1.165, 1.54) is 0 Å². The molecule has 2 aromatic rings. The second kappa shape index (κ2) is 11.2. The summed E-state index contributed by atoms with van der Waals surface area (Å²) in [5, 5.41) is 2.97. The third-order valence-corrected chi connectivity index (χ3v) is 5.05. The first kappa shape index (κ1) is 21.7. The molecule has 1 heterocycles. The molecule has 6 heteroatoms. The van der Waals surface area contributed by atoms with Crippen LogP contribution in [0.5, 0.6) is 11.5 Å². The standard InChI is InChI=1S/C24H30N2O4/c1-2-15-29-22-12-6-9-20(17-22)25-24(28)19-8-7-14-26(18-19)23(27)13-16-30-21-10-4-3-5-11-21/h3-6,9-12,17,19H,2,7-8,13-16,18H2,1H3,(H,25,28). The topological polar surface area (TPSA) is 67.9 Å². The molecular weight excluding hydrogens is 380 g/mol. The van der Waals surface area contributed by atoms with Gasteiger partial charge in [0.1, 0.15) is 11.5 Å². The minimum atomic E-state index is -0.210. The summed E-state index contributed by atoms with van der Waals surface area (Å²) < 4.78 is 11.2. The lowest BCUT2D eigenvalue weighted by Gasteiger charge is -2.32. The van der Waals surface area contributed by atoms with Crippen LogP contribution in [0.25, 0.3) is 0 Å². The molecule has 2 aromatic carbocycles. The van der Waals surface area contributed by atoms with Crippen LogP contribution in [0.3, 0.4) is 0 Å². The number of benzene rings is 2. The van der Waals surface area contributed by atoms with Crippen molar-refractivity contribution in [3.63, 3.8) is 0 Å². The van der Waals surface area contributed by atoms with Gasteiger partial charge in [0.2, 0.25) is 11.8 Å². The maximum atomic E-state index is 12.7. The van der Waals surface area contributed by atoms with Gasteiger partial charge in [-0.15, -0.1) is 0 Å². The van der Waals surface area contributed by atoms with Crippen LogP contribution in [0, 0.1) is 5.92 Å². The van der Waals surface area contributed by atoms with Gasteiger partial charge in [-0.1, -0.05) is 31.2 Å². The molecule has 0 spiro atoms. The fourth-order valence-electron chi connectivity index (χ4n) is 3.48. The highest BCUT2D eigenvalue weighted by atomic mass is 16.5. The zero-order valence-electron chi connectivity index (χ0n) is 17.5. The summed E-state index contributed by atoms with van der Waals surface area (Å²) in [6.07, 6.45) is 2.84. The summed E-state index contributed by atoms with van der Waals surface area (Å²) in [6, 6.07) is 16.9. The first-order valence-electron chi connectivity index (χ1n) is 10.6. The Balaban J connectivity index is 1.47. The van der Waals surface area contributed by atoms with Crippen molar-refractivity contribution in [2.24, 2.45) is 5.92 Å². The lowest BCUT2D eigenvalue weighted by molar-refractivity contribution is -0.135. The lowest BCUT2D eigenvalue weighted by Crippen LogP contribution is -2.44. The Labute approximate surface area is 178 Å². The molecule has 0 bridgehead atoms. The van der Waals surface area contributed by atoms with Gasteiger partial charge in [0.15, 0.2) is 0 Å². The number of carbonyl (C=O) groups excluding carboxylic acids is 2. The van der Waals surface area contributed by atoms with Gasteiger partial charge < -0.3 is 19.7 Å². The van der Waals surface area contributed by atoms with Gasteiger partial charge in [-0.05, 0) is 43.5 Å². The van der Waals surface area contributed by atoms with E-state index in [0.717, 1.165) is 30.8 Å². The molecular formula is C24H30N2O4. The van der Waals surface area contributed by atoms with Crippen LogP contribution in [0.15, 0.2) is 54.6 Å². The number of ether oxygens (including phenoxy) is 2. The molecule has 1 atom stereocenters. The molecule has 160 valence electrons. The molecule has 0 aliphatic carbocycles. The highest BCUT2D eigenvalue weighted by molar-refractivity contribution is 5.93. The minimum absolute atomic E-state index is 0.0263.